The highest BCUT2D eigenvalue weighted by Gasteiger charge is 2.08. The molecule has 0 amide bonds. The molecule has 17 heavy (non-hydrogen) atoms. The van der Waals surface area contributed by atoms with Crippen molar-refractivity contribution in [3.63, 3.8) is 0 Å². The van der Waals surface area contributed by atoms with Gasteiger partial charge >= 0.3 is 5.97 Å². The molecule has 0 unspecified atom stereocenters. The summed E-state index contributed by atoms with van der Waals surface area (Å²) in [5.74, 6) is -0.846. The van der Waals surface area contributed by atoms with Crippen molar-refractivity contribution < 1.29 is 19.4 Å². The Bertz CT molecular complexity index is 393. The average Bonchev–Trinajstić information content (AvgIpc) is 2.25. The van der Waals surface area contributed by atoms with Gasteiger partial charge in [-0.05, 0) is 19.9 Å². The normalized spacial score (nSPS) is 10.5. The topological polar surface area (TPSA) is 94.7 Å². The number of ether oxygens (including phenoxy) is 2. The molecule has 0 aliphatic rings. The maximum absolute atomic E-state index is 10.6. The number of carboxylic acid groups (broad SMARTS) is 1. The fourth-order valence-electron chi connectivity index (χ4n) is 1.13. The fraction of sp³-hybridized carbons (Fsp3) is 0.455. The van der Waals surface area contributed by atoms with Gasteiger partial charge in [0.1, 0.15) is 6.61 Å². The van der Waals surface area contributed by atoms with Crippen molar-refractivity contribution in [2.24, 2.45) is 0 Å². The van der Waals surface area contributed by atoms with Gasteiger partial charge in [-0.3, -0.25) is 0 Å². The molecule has 0 spiro atoms. The van der Waals surface area contributed by atoms with Gasteiger partial charge in [0, 0.05) is 6.20 Å². The van der Waals surface area contributed by atoms with Crippen LogP contribution in [0.15, 0.2) is 12.3 Å². The van der Waals surface area contributed by atoms with Crippen molar-refractivity contribution in [2.75, 3.05) is 18.9 Å². The first kappa shape index (κ1) is 13.2. The second kappa shape index (κ2) is 6.05. The first-order chi connectivity index (χ1) is 8.00. The summed E-state index contributed by atoms with van der Waals surface area (Å²) in [6.07, 6.45) is 1.34. The number of aromatic nitrogens is 1. The molecule has 0 aliphatic heterocycles. The van der Waals surface area contributed by atoms with E-state index in [4.69, 9.17) is 20.3 Å². The van der Waals surface area contributed by atoms with Crippen molar-refractivity contribution in [2.45, 2.75) is 20.0 Å². The van der Waals surface area contributed by atoms with Crippen LogP contribution < -0.4 is 10.5 Å². The molecular weight excluding hydrogens is 224 g/mol. The monoisotopic (exact) mass is 240 g/mol. The van der Waals surface area contributed by atoms with Crippen LogP contribution in [0.5, 0.6) is 5.88 Å². The largest absolute Gasteiger partial charge is 0.478 e. The Balaban J connectivity index is 2.52. The average molecular weight is 240 g/mol. The number of nitrogens with two attached hydrogens (primary N) is 1. The minimum absolute atomic E-state index is 0.0354. The number of carbonyl (C=O) groups is 1. The SMILES string of the molecule is CC(C)OCCOc1ncc(C(=O)O)cc1N. The van der Waals surface area contributed by atoms with Crippen LogP contribution >= 0.6 is 0 Å². The summed E-state index contributed by atoms with van der Waals surface area (Å²) in [4.78, 5) is 14.5. The molecule has 0 atom stereocenters. The van der Waals surface area contributed by atoms with E-state index in [1.807, 2.05) is 13.8 Å². The molecule has 1 heterocycles. The van der Waals surface area contributed by atoms with Gasteiger partial charge in [-0.25, -0.2) is 9.78 Å². The number of anilines is 1. The Labute approximate surface area is 99.4 Å². The molecule has 3 N–H and O–H groups in total. The van der Waals surface area contributed by atoms with E-state index in [2.05, 4.69) is 4.98 Å². The zero-order valence-corrected chi connectivity index (χ0v) is 9.84. The smallest absolute Gasteiger partial charge is 0.337 e. The molecule has 6 nitrogen and oxygen atoms in total. The number of hydrogen-bond acceptors (Lipinski definition) is 5. The third-order valence-electron chi connectivity index (χ3n) is 1.90. The molecular formula is C11H16N2O4. The number of nitrogen functional groups attached to an aromatic ring is 1. The summed E-state index contributed by atoms with van der Waals surface area (Å²) in [7, 11) is 0. The lowest BCUT2D eigenvalue weighted by Crippen LogP contribution is -2.13. The quantitative estimate of drug-likeness (QED) is 0.725. The minimum atomic E-state index is -1.07. The Hall–Kier alpha value is -1.82. The van der Waals surface area contributed by atoms with Gasteiger partial charge in [0.15, 0.2) is 0 Å². The molecule has 0 aromatic carbocycles. The molecule has 0 saturated heterocycles. The minimum Gasteiger partial charge on any atom is -0.478 e. The number of aromatic carboxylic acids is 1. The Kier molecular flexibility index (Phi) is 4.71. The number of carboxylic acids is 1. The number of pyridine rings is 1. The van der Waals surface area contributed by atoms with Crippen LogP contribution in [-0.4, -0.2) is 35.4 Å². The summed E-state index contributed by atoms with van der Waals surface area (Å²) in [5, 5.41) is 8.72. The summed E-state index contributed by atoms with van der Waals surface area (Å²) in [5.41, 5.74) is 5.85. The van der Waals surface area contributed by atoms with E-state index in [0.29, 0.717) is 13.2 Å². The van der Waals surface area contributed by atoms with E-state index in [1.54, 1.807) is 0 Å². The van der Waals surface area contributed by atoms with Crippen LogP contribution in [0.2, 0.25) is 0 Å². The lowest BCUT2D eigenvalue weighted by molar-refractivity contribution is 0.0544. The van der Waals surface area contributed by atoms with Gasteiger partial charge in [-0.15, -0.1) is 0 Å². The molecule has 6 heteroatoms. The maximum atomic E-state index is 10.6. The van der Waals surface area contributed by atoms with Crippen molar-refractivity contribution in [3.05, 3.63) is 17.8 Å². The first-order valence-electron chi connectivity index (χ1n) is 5.24. The molecule has 94 valence electrons. The molecule has 0 aliphatic carbocycles. The zero-order chi connectivity index (χ0) is 12.8. The highest BCUT2D eigenvalue weighted by atomic mass is 16.5. The van der Waals surface area contributed by atoms with E-state index >= 15 is 0 Å². The lowest BCUT2D eigenvalue weighted by atomic mass is 10.2. The fourth-order valence-corrected chi connectivity index (χ4v) is 1.13. The molecule has 0 radical (unpaired) electrons. The van der Waals surface area contributed by atoms with Crippen molar-refractivity contribution in [3.8, 4) is 5.88 Å². The predicted octanol–water partition coefficient (Wildman–Crippen LogP) is 1.17. The molecule has 0 saturated carbocycles. The van der Waals surface area contributed by atoms with E-state index in [-0.39, 0.29) is 23.2 Å². The molecule has 1 rings (SSSR count). The van der Waals surface area contributed by atoms with Crippen molar-refractivity contribution >= 4 is 11.7 Å². The van der Waals surface area contributed by atoms with Gasteiger partial charge in [0.05, 0.1) is 24.0 Å². The number of hydrogen-bond donors (Lipinski definition) is 2. The van der Waals surface area contributed by atoms with Crippen LogP contribution in [0.1, 0.15) is 24.2 Å². The molecule has 1 aromatic heterocycles. The predicted molar refractivity (Wildman–Crippen MR) is 62.2 cm³/mol. The van der Waals surface area contributed by atoms with Crippen LogP contribution in [-0.2, 0) is 4.74 Å². The molecule has 0 fully saturated rings. The first-order valence-corrected chi connectivity index (χ1v) is 5.24. The van der Waals surface area contributed by atoms with Gasteiger partial charge in [0.25, 0.3) is 0 Å². The third kappa shape index (κ3) is 4.28. The van der Waals surface area contributed by atoms with Crippen molar-refractivity contribution in [1.29, 1.82) is 0 Å². The third-order valence-corrected chi connectivity index (χ3v) is 1.90. The van der Waals surface area contributed by atoms with Crippen molar-refractivity contribution in [1.82, 2.24) is 4.98 Å². The Morgan fingerprint density at radius 3 is 2.76 bits per heavy atom. The van der Waals surface area contributed by atoms with Crippen LogP contribution in [0.25, 0.3) is 0 Å². The summed E-state index contributed by atoms with van der Waals surface area (Å²) in [6.45, 7) is 4.60. The Morgan fingerprint density at radius 2 is 2.24 bits per heavy atom. The highest BCUT2D eigenvalue weighted by Crippen LogP contribution is 2.18. The van der Waals surface area contributed by atoms with E-state index in [1.165, 1.54) is 12.3 Å². The van der Waals surface area contributed by atoms with Gasteiger partial charge in [-0.1, -0.05) is 0 Å². The van der Waals surface area contributed by atoms with E-state index in [0.717, 1.165) is 0 Å². The van der Waals surface area contributed by atoms with E-state index in [9.17, 15) is 4.79 Å². The summed E-state index contributed by atoms with van der Waals surface area (Å²) in [6, 6.07) is 1.31. The second-order valence-electron chi connectivity index (χ2n) is 3.69. The van der Waals surface area contributed by atoms with Gasteiger partial charge in [0.2, 0.25) is 5.88 Å². The van der Waals surface area contributed by atoms with Gasteiger partial charge < -0.3 is 20.3 Å². The van der Waals surface area contributed by atoms with Crippen LogP contribution in [0.4, 0.5) is 5.69 Å². The zero-order valence-electron chi connectivity index (χ0n) is 9.84. The number of nitrogens with zero attached hydrogens (tertiary/aromatic N) is 1. The highest BCUT2D eigenvalue weighted by molar-refractivity contribution is 5.88. The Morgan fingerprint density at radius 1 is 1.53 bits per heavy atom. The molecule has 0 bridgehead atoms. The summed E-state index contributed by atoms with van der Waals surface area (Å²) >= 11 is 0. The number of rotatable bonds is 6. The van der Waals surface area contributed by atoms with E-state index < -0.39 is 5.97 Å². The summed E-state index contributed by atoms with van der Waals surface area (Å²) < 4.78 is 10.5. The molecule has 1 aromatic rings. The maximum Gasteiger partial charge on any atom is 0.337 e. The van der Waals surface area contributed by atoms with Crippen LogP contribution in [0, 0.1) is 0 Å². The van der Waals surface area contributed by atoms with Gasteiger partial charge in [-0.2, -0.15) is 0 Å². The van der Waals surface area contributed by atoms with Crippen LogP contribution in [0.3, 0.4) is 0 Å². The second-order valence-corrected chi connectivity index (χ2v) is 3.69. The standard InChI is InChI=1S/C11H16N2O4/c1-7(2)16-3-4-17-10-9(12)5-8(6-13-10)11(14)15/h5-7H,3-4,12H2,1-2H3,(H,14,15). The lowest BCUT2D eigenvalue weighted by Gasteiger charge is -2.10.